The highest BCUT2D eigenvalue weighted by atomic mass is 19.1. The van der Waals surface area contributed by atoms with Crippen LogP contribution in [0.5, 0.6) is 5.75 Å². The van der Waals surface area contributed by atoms with Gasteiger partial charge in [-0.3, -0.25) is 0 Å². The van der Waals surface area contributed by atoms with Crippen LogP contribution in [0.1, 0.15) is 5.69 Å². The molecule has 1 heterocycles. The maximum Gasteiger partial charge on any atom is 0.230 e. The van der Waals surface area contributed by atoms with Crippen molar-refractivity contribution in [3.63, 3.8) is 0 Å². The van der Waals surface area contributed by atoms with Crippen LogP contribution in [0.3, 0.4) is 0 Å². The Bertz CT molecular complexity index is 601. The number of aromatic nitrogens is 1. The molecule has 0 saturated carbocycles. The van der Waals surface area contributed by atoms with E-state index < -0.39 is 5.82 Å². The Balaban J connectivity index is 2.47. The molecule has 0 unspecified atom stereocenters. The fraction of sp³-hybridized carbons (Fsp3) is 0.0909. The highest BCUT2D eigenvalue weighted by Crippen LogP contribution is 2.27. The first-order chi connectivity index (χ1) is 8.15. The molecular formula is C11H8FN3O2. The maximum absolute atomic E-state index is 13.4. The number of ether oxygens (including phenoxy) is 1. The molecule has 1 aromatic heterocycles. The predicted octanol–water partition coefficient (Wildman–Crippen LogP) is 1.94. The van der Waals surface area contributed by atoms with Crippen molar-refractivity contribution in [1.82, 2.24) is 4.98 Å². The van der Waals surface area contributed by atoms with Crippen molar-refractivity contribution in [1.29, 1.82) is 5.26 Å². The van der Waals surface area contributed by atoms with Gasteiger partial charge in [-0.15, -0.1) is 0 Å². The molecule has 5 nitrogen and oxygen atoms in total. The number of anilines is 1. The second kappa shape index (κ2) is 4.14. The number of nitrogens with two attached hydrogens (primary N) is 1. The summed E-state index contributed by atoms with van der Waals surface area (Å²) in [6.45, 7) is 0. The molecule has 0 aliphatic carbocycles. The van der Waals surface area contributed by atoms with Gasteiger partial charge in [0.15, 0.2) is 11.6 Å². The zero-order chi connectivity index (χ0) is 12.4. The molecule has 0 bridgehead atoms. The Morgan fingerprint density at radius 2 is 2.29 bits per heavy atom. The summed E-state index contributed by atoms with van der Waals surface area (Å²) in [7, 11) is 1.37. The smallest absolute Gasteiger partial charge is 0.230 e. The van der Waals surface area contributed by atoms with Crippen molar-refractivity contribution in [3.8, 4) is 23.3 Å². The third kappa shape index (κ3) is 1.90. The summed E-state index contributed by atoms with van der Waals surface area (Å²) in [6.07, 6.45) is 0. The van der Waals surface area contributed by atoms with Gasteiger partial charge >= 0.3 is 0 Å². The topological polar surface area (TPSA) is 85.1 Å². The summed E-state index contributed by atoms with van der Waals surface area (Å²) in [5, 5.41) is 8.67. The van der Waals surface area contributed by atoms with Crippen LogP contribution in [0.15, 0.2) is 22.6 Å². The van der Waals surface area contributed by atoms with Crippen LogP contribution >= 0.6 is 0 Å². The summed E-state index contributed by atoms with van der Waals surface area (Å²) in [6, 6.07) is 5.98. The molecule has 0 spiro atoms. The molecule has 17 heavy (non-hydrogen) atoms. The first-order valence-electron chi connectivity index (χ1n) is 4.66. The minimum absolute atomic E-state index is 0.0174. The largest absolute Gasteiger partial charge is 0.494 e. The van der Waals surface area contributed by atoms with Gasteiger partial charge in [0.25, 0.3) is 0 Å². The van der Waals surface area contributed by atoms with Crippen LogP contribution < -0.4 is 10.5 Å². The number of nitriles is 1. The molecule has 6 heteroatoms. The second-order valence-corrected chi connectivity index (χ2v) is 3.19. The van der Waals surface area contributed by atoms with Gasteiger partial charge in [0, 0.05) is 5.56 Å². The van der Waals surface area contributed by atoms with Gasteiger partial charge in [0.1, 0.15) is 6.07 Å². The van der Waals surface area contributed by atoms with Gasteiger partial charge in [-0.2, -0.15) is 10.2 Å². The van der Waals surface area contributed by atoms with Crippen LogP contribution in [0.2, 0.25) is 0 Å². The lowest BCUT2D eigenvalue weighted by molar-refractivity contribution is 0.386. The van der Waals surface area contributed by atoms with Crippen molar-refractivity contribution < 1.29 is 13.5 Å². The lowest BCUT2D eigenvalue weighted by Crippen LogP contribution is -1.88. The summed E-state index contributed by atoms with van der Waals surface area (Å²) in [4.78, 5) is 3.83. The van der Waals surface area contributed by atoms with Gasteiger partial charge in [-0.25, -0.2) is 4.39 Å². The molecule has 86 valence electrons. The average molecular weight is 233 g/mol. The van der Waals surface area contributed by atoms with Crippen molar-refractivity contribution in [2.75, 3.05) is 12.8 Å². The zero-order valence-electron chi connectivity index (χ0n) is 8.90. The first-order valence-corrected chi connectivity index (χ1v) is 4.66. The number of methoxy groups -OCH3 is 1. The summed E-state index contributed by atoms with van der Waals surface area (Å²) >= 11 is 0. The summed E-state index contributed by atoms with van der Waals surface area (Å²) in [5.41, 5.74) is 5.78. The third-order valence-electron chi connectivity index (χ3n) is 2.16. The third-order valence-corrected chi connectivity index (χ3v) is 2.16. The zero-order valence-corrected chi connectivity index (χ0v) is 8.90. The van der Waals surface area contributed by atoms with Crippen molar-refractivity contribution in [3.05, 3.63) is 29.7 Å². The number of nitrogen functional groups attached to an aromatic ring is 1. The van der Waals surface area contributed by atoms with Crippen LogP contribution in [0.25, 0.3) is 11.5 Å². The Labute approximate surface area is 96.2 Å². The van der Waals surface area contributed by atoms with E-state index in [1.165, 1.54) is 19.2 Å². The quantitative estimate of drug-likeness (QED) is 0.856. The number of hydrogen-bond acceptors (Lipinski definition) is 5. The van der Waals surface area contributed by atoms with E-state index in [1.54, 1.807) is 12.1 Å². The number of hydrogen-bond donors (Lipinski definition) is 1. The normalized spacial score (nSPS) is 9.94. The molecular weight excluding hydrogens is 225 g/mol. The number of nitrogens with zero attached hydrogens (tertiary/aromatic N) is 2. The Morgan fingerprint density at radius 1 is 1.53 bits per heavy atom. The molecule has 2 aromatic rings. The van der Waals surface area contributed by atoms with E-state index in [2.05, 4.69) is 4.98 Å². The van der Waals surface area contributed by atoms with E-state index in [0.717, 1.165) is 0 Å². The lowest BCUT2D eigenvalue weighted by Gasteiger charge is -2.02. The highest BCUT2D eigenvalue weighted by molar-refractivity contribution is 5.58. The molecule has 0 aliphatic rings. The van der Waals surface area contributed by atoms with Gasteiger partial charge in [0.2, 0.25) is 17.5 Å². The Morgan fingerprint density at radius 3 is 2.82 bits per heavy atom. The summed E-state index contributed by atoms with van der Waals surface area (Å²) in [5.74, 6) is -0.409. The molecule has 0 saturated heterocycles. The van der Waals surface area contributed by atoms with Gasteiger partial charge in [0.05, 0.1) is 7.11 Å². The number of halogens is 1. The minimum atomic E-state index is -0.541. The van der Waals surface area contributed by atoms with Gasteiger partial charge in [-0.05, 0) is 18.2 Å². The average Bonchev–Trinajstić information content (AvgIpc) is 2.70. The predicted molar refractivity (Wildman–Crippen MR) is 57.6 cm³/mol. The number of benzene rings is 1. The van der Waals surface area contributed by atoms with Gasteiger partial charge in [-0.1, -0.05) is 0 Å². The van der Waals surface area contributed by atoms with Crippen molar-refractivity contribution >= 4 is 5.88 Å². The minimum Gasteiger partial charge on any atom is -0.494 e. The standard InChI is InChI=1S/C11H8FN3O2/c1-16-9-3-2-6(4-7(9)12)11-15-8(5-13)10(14)17-11/h2-4H,14H2,1H3. The monoisotopic (exact) mass is 233 g/mol. The van der Waals surface area contributed by atoms with E-state index >= 15 is 0 Å². The molecule has 0 radical (unpaired) electrons. The highest BCUT2D eigenvalue weighted by Gasteiger charge is 2.13. The van der Waals surface area contributed by atoms with Crippen LogP contribution in [-0.4, -0.2) is 12.1 Å². The van der Waals surface area contributed by atoms with E-state index in [-0.39, 0.29) is 23.2 Å². The number of rotatable bonds is 2. The molecule has 1 aromatic carbocycles. The lowest BCUT2D eigenvalue weighted by atomic mass is 10.2. The molecule has 0 aliphatic heterocycles. The van der Waals surface area contributed by atoms with Crippen molar-refractivity contribution in [2.45, 2.75) is 0 Å². The van der Waals surface area contributed by atoms with E-state index in [9.17, 15) is 4.39 Å². The second-order valence-electron chi connectivity index (χ2n) is 3.19. The first kappa shape index (κ1) is 11.0. The van der Waals surface area contributed by atoms with Crippen LogP contribution in [-0.2, 0) is 0 Å². The molecule has 0 fully saturated rings. The van der Waals surface area contributed by atoms with Crippen LogP contribution in [0, 0.1) is 17.1 Å². The fourth-order valence-electron chi connectivity index (χ4n) is 1.33. The van der Waals surface area contributed by atoms with E-state index in [0.29, 0.717) is 5.56 Å². The molecule has 2 N–H and O–H groups in total. The Kier molecular flexibility index (Phi) is 2.66. The summed E-state index contributed by atoms with van der Waals surface area (Å²) < 4.78 is 23.3. The van der Waals surface area contributed by atoms with Crippen LogP contribution in [0.4, 0.5) is 10.3 Å². The van der Waals surface area contributed by atoms with Gasteiger partial charge < -0.3 is 14.9 Å². The number of oxazole rings is 1. The van der Waals surface area contributed by atoms with E-state index in [4.69, 9.17) is 20.1 Å². The maximum atomic E-state index is 13.4. The van der Waals surface area contributed by atoms with E-state index in [1.807, 2.05) is 0 Å². The molecule has 2 rings (SSSR count). The molecule has 0 atom stereocenters. The fourth-order valence-corrected chi connectivity index (χ4v) is 1.33. The SMILES string of the molecule is COc1ccc(-c2nc(C#N)c(N)o2)cc1F. The Hall–Kier alpha value is -2.55. The van der Waals surface area contributed by atoms with Crippen molar-refractivity contribution in [2.24, 2.45) is 0 Å². The molecule has 0 amide bonds.